The summed E-state index contributed by atoms with van der Waals surface area (Å²) < 4.78 is 1.36. The molecule has 1 N–H and O–H groups in total. The first-order chi connectivity index (χ1) is 8.47. The molecular formula is C11H11ClN4O2. The maximum atomic E-state index is 10.8. The number of hydrogen-bond donors (Lipinski definition) is 1. The standard InChI is InChI=1S/C11H11ClN4O2/c1-6(2)10-13-8(12)5-9(14-10)16-4-3-7(15-16)11(17)18/h3-6H,1-2H3,(H,17,18). The van der Waals surface area contributed by atoms with Gasteiger partial charge in [-0.2, -0.15) is 5.10 Å². The number of rotatable bonds is 3. The van der Waals surface area contributed by atoms with Gasteiger partial charge in [0, 0.05) is 18.2 Å². The first kappa shape index (κ1) is 12.5. The molecular weight excluding hydrogens is 256 g/mol. The monoisotopic (exact) mass is 266 g/mol. The summed E-state index contributed by atoms with van der Waals surface area (Å²) in [5, 5.41) is 13.0. The van der Waals surface area contributed by atoms with Gasteiger partial charge in [-0.1, -0.05) is 25.4 Å². The first-order valence-electron chi connectivity index (χ1n) is 5.31. The van der Waals surface area contributed by atoms with E-state index in [0.29, 0.717) is 16.8 Å². The van der Waals surface area contributed by atoms with E-state index in [1.807, 2.05) is 13.8 Å². The number of carbonyl (C=O) groups is 1. The molecule has 2 heterocycles. The SMILES string of the molecule is CC(C)c1nc(Cl)cc(-n2ccc(C(=O)O)n2)n1. The zero-order chi connectivity index (χ0) is 13.3. The van der Waals surface area contributed by atoms with Crippen molar-refractivity contribution in [3.8, 4) is 5.82 Å². The van der Waals surface area contributed by atoms with E-state index in [4.69, 9.17) is 16.7 Å². The average Bonchev–Trinajstić information content (AvgIpc) is 2.77. The van der Waals surface area contributed by atoms with Crippen molar-refractivity contribution in [3.05, 3.63) is 35.0 Å². The zero-order valence-electron chi connectivity index (χ0n) is 9.83. The van der Waals surface area contributed by atoms with Crippen LogP contribution in [-0.2, 0) is 0 Å². The van der Waals surface area contributed by atoms with E-state index < -0.39 is 5.97 Å². The number of aromatic carboxylic acids is 1. The normalized spacial score (nSPS) is 10.9. The summed E-state index contributed by atoms with van der Waals surface area (Å²) in [6.45, 7) is 3.89. The number of carboxylic acid groups (broad SMARTS) is 1. The van der Waals surface area contributed by atoms with Crippen LogP contribution in [0.25, 0.3) is 5.82 Å². The molecule has 0 atom stereocenters. The predicted molar refractivity (Wildman–Crippen MR) is 65.2 cm³/mol. The quantitative estimate of drug-likeness (QED) is 0.861. The first-order valence-corrected chi connectivity index (χ1v) is 5.69. The lowest BCUT2D eigenvalue weighted by Crippen LogP contribution is -2.06. The Balaban J connectivity index is 2.46. The highest BCUT2D eigenvalue weighted by atomic mass is 35.5. The largest absolute Gasteiger partial charge is 0.476 e. The Labute approximate surface area is 108 Å². The van der Waals surface area contributed by atoms with Gasteiger partial charge in [0.15, 0.2) is 11.5 Å². The Morgan fingerprint density at radius 2 is 2.17 bits per heavy atom. The Morgan fingerprint density at radius 3 is 2.72 bits per heavy atom. The lowest BCUT2D eigenvalue weighted by atomic mass is 10.2. The van der Waals surface area contributed by atoms with Crippen molar-refractivity contribution in [1.82, 2.24) is 19.7 Å². The van der Waals surface area contributed by atoms with Crippen molar-refractivity contribution in [3.63, 3.8) is 0 Å². The van der Waals surface area contributed by atoms with E-state index >= 15 is 0 Å². The molecule has 0 amide bonds. The van der Waals surface area contributed by atoms with Crippen LogP contribution in [0.1, 0.15) is 36.1 Å². The topological polar surface area (TPSA) is 80.9 Å². The molecule has 0 unspecified atom stereocenters. The van der Waals surface area contributed by atoms with E-state index in [9.17, 15) is 4.79 Å². The molecule has 6 nitrogen and oxygen atoms in total. The molecule has 0 saturated heterocycles. The molecule has 2 aromatic heterocycles. The van der Waals surface area contributed by atoms with Gasteiger partial charge >= 0.3 is 5.97 Å². The van der Waals surface area contributed by atoms with Crippen molar-refractivity contribution < 1.29 is 9.90 Å². The molecule has 0 bridgehead atoms. The van der Waals surface area contributed by atoms with Gasteiger partial charge in [-0.15, -0.1) is 0 Å². The van der Waals surface area contributed by atoms with Crippen molar-refractivity contribution in [2.24, 2.45) is 0 Å². The minimum absolute atomic E-state index is 0.0455. The zero-order valence-corrected chi connectivity index (χ0v) is 10.6. The van der Waals surface area contributed by atoms with E-state index in [2.05, 4.69) is 15.1 Å². The molecule has 0 aliphatic heterocycles. The predicted octanol–water partition coefficient (Wildman–Crippen LogP) is 2.14. The molecule has 94 valence electrons. The maximum Gasteiger partial charge on any atom is 0.356 e. The Morgan fingerprint density at radius 1 is 1.44 bits per heavy atom. The second kappa shape index (κ2) is 4.73. The molecule has 0 aliphatic rings. The molecule has 2 aromatic rings. The number of aromatic nitrogens is 4. The lowest BCUT2D eigenvalue weighted by Gasteiger charge is -2.07. The van der Waals surface area contributed by atoms with Gasteiger partial charge < -0.3 is 5.11 Å². The summed E-state index contributed by atoms with van der Waals surface area (Å²) in [4.78, 5) is 19.1. The van der Waals surface area contributed by atoms with Crippen LogP contribution in [0.5, 0.6) is 0 Å². The third-order valence-electron chi connectivity index (χ3n) is 2.26. The van der Waals surface area contributed by atoms with Crippen LogP contribution in [0, 0.1) is 0 Å². The second-order valence-corrected chi connectivity index (χ2v) is 4.40. The van der Waals surface area contributed by atoms with E-state index in [0.717, 1.165) is 0 Å². The van der Waals surface area contributed by atoms with Crippen molar-refractivity contribution in [1.29, 1.82) is 0 Å². The van der Waals surface area contributed by atoms with Crippen molar-refractivity contribution >= 4 is 17.6 Å². The lowest BCUT2D eigenvalue weighted by molar-refractivity contribution is 0.0690. The molecule has 7 heteroatoms. The Bertz CT molecular complexity index is 594. The fraction of sp³-hybridized carbons (Fsp3) is 0.273. The summed E-state index contributed by atoms with van der Waals surface area (Å²) in [5.74, 6) is 0.0750. The molecule has 2 rings (SSSR count). The molecule has 0 aliphatic carbocycles. The minimum atomic E-state index is -1.09. The smallest absolute Gasteiger partial charge is 0.356 e. The fourth-order valence-corrected chi connectivity index (χ4v) is 1.55. The summed E-state index contributed by atoms with van der Waals surface area (Å²) in [7, 11) is 0. The van der Waals surface area contributed by atoms with Crippen LogP contribution >= 0.6 is 11.6 Å². The highest BCUT2D eigenvalue weighted by molar-refractivity contribution is 6.29. The summed E-state index contributed by atoms with van der Waals surface area (Å²) in [6, 6.07) is 2.93. The van der Waals surface area contributed by atoms with Gasteiger partial charge in [0.25, 0.3) is 0 Å². The van der Waals surface area contributed by atoms with E-state index in [1.54, 1.807) is 0 Å². The third kappa shape index (κ3) is 2.48. The number of hydrogen-bond acceptors (Lipinski definition) is 4. The van der Waals surface area contributed by atoms with Crippen LogP contribution in [0.4, 0.5) is 0 Å². The van der Waals surface area contributed by atoms with Gasteiger partial charge in [0.2, 0.25) is 0 Å². The van der Waals surface area contributed by atoms with Gasteiger partial charge in [-0.25, -0.2) is 19.4 Å². The Hall–Kier alpha value is -1.95. The van der Waals surface area contributed by atoms with Crippen molar-refractivity contribution in [2.45, 2.75) is 19.8 Å². The Kier molecular flexibility index (Phi) is 3.29. The van der Waals surface area contributed by atoms with E-state index in [1.165, 1.54) is 23.0 Å². The van der Waals surface area contributed by atoms with Crippen LogP contribution in [-0.4, -0.2) is 30.8 Å². The van der Waals surface area contributed by atoms with Crippen LogP contribution in [0.15, 0.2) is 18.3 Å². The van der Waals surface area contributed by atoms with Crippen molar-refractivity contribution in [2.75, 3.05) is 0 Å². The number of halogens is 1. The molecule has 0 saturated carbocycles. The second-order valence-electron chi connectivity index (χ2n) is 4.01. The minimum Gasteiger partial charge on any atom is -0.476 e. The molecule has 0 fully saturated rings. The van der Waals surface area contributed by atoms with E-state index in [-0.39, 0.29) is 11.6 Å². The number of nitrogens with zero attached hydrogens (tertiary/aromatic N) is 4. The molecule has 0 spiro atoms. The van der Waals surface area contributed by atoms with Crippen LogP contribution in [0.3, 0.4) is 0 Å². The van der Waals surface area contributed by atoms with Gasteiger partial charge in [-0.3, -0.25) is 0 Å². The highest BCUT2D eigenvalue weighted by Gasteiger charge is 2.11. The van der Waals surface area contributed by atoms with Gasteiger partial charge in [0.05, 0.1) is 0 Å². The van der Waals surface area contributed by atoms with Crippen LogP contribution in [0.2, 0.25) is 5.15 Å². The summed E-state index contributed by atoms with van der Waals surface area (Å²) >= 11 is 5.90. The maximum absolute atomic E-state index is 10.8. The molecule has 0 radical (unpaired) electrons. The van der Waals surface area contributed by atoms with Gasteiger partial charge in [-0.05, 0) is 6.07 Å². The third-order valence-corrected chi connectivity index (χ3v) is 2.45. The number of carboxylic acids is 1. The fourth-order valence-electron chi connectivity index (χ4n) is 1.36. The molecule has 18 heavy (non-hydrogen) atoms. The molecule has 0 aromatic carbocycles. The highest BCUT2D eigenvalue weighted by Crippen LogP contribution is 2.16. The van der Waals surface area contributed by atoms with Gasteiger partial charge in [0.1, 0.15) is 11.0 Å². The summed E-state index contributed by atoms with van der Waals surface area (Å²) in [5.41, 5.74) is -0.0455. The average molecular weight is 267 g/mol. The van der Waals surface area contributed by atoms with Crippen LogP contribution < -0.4 is 0 Å². The summed E-state index contributed by atoms with van der Waals surface area (Å²) in [6.07, 6.45) is 1.52.